The van der Waals surface area contributed by atoms with Gasteiger partial charge >= 0.3 is 0 Å². The van der Waals surface area contributed by atoms with Crippen LogP contribution in [0.3, 0.4) is 0 Å². The van der Waals surface area contributed by atoms with Crippen LogP contribution in [0.1, 0.15) is 22.9 Å². The van der Waals surface area contributed by atoms with Crippen molar-refractivity contribution < 1.29 is 9.50 Å². The summed E-state index contributed by atoms with van der Waals surface area (Å²) in [4.78, 5) is 0. The summed E-state index contributed by atoms with van der Waals surface area (Å²) in [5, 5.41) is 16.3. The third-order valence-corrected chi connectivity index (χ3v) is 4.96. The third-order valence-electron chi connectivity index (χ3n) is 4.00. The Kier molecular flexibility index (Phi) is 5.07. The molecule has 0 aliphatic heterocycles. The maximum atomic E-state index is 13.3. The van der Waals surface area contributed by atoms with Crippen LogP contribution in [-0.2, 0) is 7.05 Å². The fourth-order valence-corrected chi connectivity index (χ4v) is 3.75. The van der Waals surface area contributed by atoms with Crippen molar-refractivity contribution in [2.24, 2.45) is 7.05 Å². The van der Waals surface area contributed by atoms with Crippen LogP contribution in [0.2, 0.25) is 15.1 Å². The van der Waals surface area contributed by atoms with Crippen LogP contribution in [0.5, 0.6) is 0 Å². The van der Waals surface area contributed by atoms with Gasteiger partial charge in [0.1, 0.15) is 11.9 Å². The molecule has 0 aliphatic carbocycles. The lowest BCUT2D eigenvalue weighted by atomic mass is 9.96. The zero-order valence-electron chi connectivity index (χ0n) is 13.4. The van der Waals surface area contributed by atoms with Gasteiger partial charge in [-0.05, 0) is 31.2 Å². The molecule has 0 amide bonds. The molecular formula is C18H14Cl3FN2O. The first-order valence-corrected chi connectivity index (χ1v) is 8.55. The van der Waals surface area contributed by atoms with Crippen LogP contribution in [0, 0.1) is 12.7 Å². The average molecular weight is 400 g/mol. The van der Waals surface area contributed by atoms with Crippen molar-refractivity contribution in [2.45, 2.75) is 13.0 Å². The summed E-state index contributed by atoms with van der Waals surface area (Å²) in [6, 6.07) is 9.03. The SMILES string of the molecule is Cc1nn(C)c(-c2c(Cl)cccc2Cl)c1C(O)c1ccc(F)cc1Cl. The Morgan fingerprint density at radius 2 is 1.72 bits per heavy atom. The lowest BCUT2D eigenvalue weighted by Gasteiger charge is -2.16. The van der Waals surface area contributed by atoms with E-state index in [0.717, 1.165) is 6.07 Å². The molecule has 0 aliphatic rings. The molecule has 0 radical (unpaired) electrons. The molecule has 0 bridgehead atoms. The maximum Gasteiger partial charge on any atom is 0.124 e. The Hall–Kier alpha value is -1.59. The number of aryl methyl sites for hydroxylation is 2. The molecule has 1 heterocycles. The van der Waals surface area contributed by atoms with Gasteiger partial charge in [-0.15, -0.1) is 0 Å². The van der Waals surface area contributed by atoms with Crippen LogP contribution < -0.4 is 0 Å². The molecule has 2 aromatic carbocycles. The highest BCUT2D eigenvalue weighted by molar-refractivity contribution is 6.39. The van der Waals surface area contributed by atoms with Gasteiger partial charge in [0.2, 0.25) is 0 Å². The van der Waals surface area contributed by atoms with E-state index in [9.17, 15) is 9.50 Å². The molecule has 130 valence electrons. The van der Waals surface area contributed by atoms with Crippen molar-refractivity contribution in [3.8, 4) is 11.3 Å². The molecule has 0 saturated heterocycles. The number of aliphatic hydroxyl groups is 1. The van der Waals surface area contributed by atoms with Gasteiger partial charge in [-0.2, -0.15) is 5.10 Å². The average Bonchev–Trinajstić information content (AvgIpc) is 2.81. The van der Waals surface area contributed by atoms with E-state index in [4.69, 9.17) is 34.8 Å². The van der Waals surface area contributed by atoms with Crippen LogP contribution in [0.4, 0.5) is 4.39 Å². The lowest BCUT2D eigenvalue weighted by Crippen LogP contribution is -2.05. The number of benzene rings is 2. The molecular weight excluding hydrogens is 386 g/mol. The second-order valence-electron chi connectivity index (χ2n) is 5.64. The first-order chi connectivity index (χ1) is 11.8. The standard InChI is InChI=1S/C18H14Cl3FN2O/c1-9-15(18(25)11-7-6-10(22)8-14(11)21)17(24(2)23-9)16-12(19)4-3-5-13(16)20/h3-8,18,25H,1-2H3. The normalized spacial score (nSPS) is 12.4. The molecule has 0 spiro atoms. The van der Waals surface area contributed by atoms with E-state index in [1.807, 2.05) is 0 Å². The van der Waals surface area contributed by atoms with E-state index in [-0.39, 0.29) is 5.02 Å². The highest BCUT2D eigenvalue weighted by atomic mass is 35.5. The molecule has 3 rings (SSSR count). The summed E-state index contributed by atoms with van der Waals surface area (Å²) in [6.07, 6.45) is -1.11. The Balaban J connectivity index is 2.24. The molecule has 1 unspecified atom stereocenters. The second kappa shape index (κ2) is 6.96. The first-order valence-electron chi connectivity index (χ1n) is 7.42. The predicted molar refractivity (Wildman–Crippen MR) is 98.9 cm³/mol. The summed E-state index contributed by atoms with van der Waals surface area (Å²) in [6.45, 7) is 1.77. The largest absolute Gasteiger partial charge is 0.383 e. The van der Waals surface area contributed by atoms with E-state index in [0.29, 0.717) is 38.1 Å². The van der Waals surface area contributed by atoms with Gasteiger partial charge in [-0.1, -0.05) is 46.9 Å². The van der Waals surface area contributed by atoms with Crippen molar-refractivity contribution in [1.29, 1.82) is 0 Å². The quantitative estimate of drug-likeness (QED) is 0.624. The first kappa shape index (κ1) is 18.2. The Morgan fingerprint density at radius 1 is 1.08 bits per heavy atom. The fraction of sp³-hybridized carbons (Fsp3) is 0.167. The summed E-state index contributed by atoms with van der Waals surface area (Å²) in [7, 11) is 1.74. The Bertz CT molecular complexity index is 935. The Morgan fingerprint density at radius 3 is 2.32 bits per heavy atom. The summed E-state index contributed by atoms with van der Waals surface area (Å²) in [5.41, 5.74) is 2.65. The minimum Gasteiger partial charge on any atom is -0.383 e. The topological polar surface area (TPSA) is 38.0 Å². The van der Waals surface area contributed by atoms with E-state index < -0.39 is 11.9 Å². The summed E-state index contributed by atoms with van der Waals surface area (Å²) >= 11 is 18.8. The smallest absolute Gasteiger partial charge is 0.124 e. The van der Waals surface area contributed by atoms with E-state index in [1.165, 1.54) is 12.1 Å². The monoisotopic (exact) mass is 398 g/mol. The predicted octanol–water partition coefficient (Wildman–Crippen LogP) is 5.58. The number of hydrogen-bond acceptors (Lipinski definition) is 2. The number of aliphatic hydroxyl groups excluding tert-OH is 1. The van der Waals surface area contributed by atoms with Gasteiger partial charge in [-0.25, -0.2) is 4.39 Å². The fourth-order valence-electron chi connectivity index (χ4n) is 2.90. The molecule has 1 aromatic heterocycles. The molecule has 25 heavy (non-hydrogen) atoms. The van der Waals surface area contributed by atoms with Gasteiger partial charge in [0.25, 0.3) is 0 Å². The van der Waals surface area contributed by atoms with Crippen molar-refractivity contribution in [1.82, 2.24) is 9.78 Å². The minimum absolute atomic E-state index is 0.131. The highest BCUT2D eigenvalue weighted by Gasteiger charge is 2.27. The summed E-state index contributed by atoms with van der Waals surface area (Å²) in [5.74, 6) is -0.474. The zero-order chi connectivity index (χ0) is 18.3. The Labute approximate surface area is 159 Å². The van der Waals surface area contributed by atoms with Gasteiger partial charge < -0.3 is 5.11 Å². The second-order valence-corrected chi connectivity index (χ2v) is 6.86. The van der Waals surface area contributed by atoms with Crippen molar-refractivity contribution >= 4 is 34.8 Å². The molecule has 0 fully saturated rings. The van der Waals surface area contributed by atoms with Gasteiger partial charge in [0, 0.05) is 28.8 Å². The number of hydrogen-bond donors (Lipinski definition) is 1. The minimum atomic E-state index is -1.11. The van der Waals surface area contributed by atoms with Crippen molar-refractivity contribution in [3.63, 3.8) is 0 Å². The van der Waals surface area contributed by atoms with Gasteiger partial charge in [0.15, 0.2) is 0 Å². The van der Waals surface area contributed by atoms with Crippen molar-refractivity contribution in [2.75, 3.05) is 0 Å². The maximum absolute atomic E-state index is 13.3. The van der Waals surface area contributed by atoms with Crippen LogP contribution in [-0.4, -0.2) is 14.9 Å². The van der Waals surface area contributed by atoms with E-state index in [1.54, 1.807) is 36.9 Å². The van der Waals surface area contributed by atoms with Crippen LogP contribution in [0.15, 0.2) is 36.4 Å². The zero-order valence-corrected chi connectivity index (χ0v) is 15.7. The highest BCUT2D eigenvalue weighted by Crippen LogP contribution is 2.41. The molecule has 7 heteroatoms. The van der Waals surface area contributed by atoms with Crippen LogP contribution >= 0.6 is 34.8 Å². The molecule has 3 nitrogen and oxygen atoms in total. The summed E-state index contributed by atoms with van der Waals surface area (Å²) < 4.78 is 14.9. The number of nitrogens with zero attached hydrogens (tertiary/aromatic N) is 2. The molecule has 0 saturated carbocycles. The van der Waals surface area contributed by atoms with Crippen LogP contribution in [0.25, 0.3) is 11.3 Å². The lowest BCUT2D eigenvalue weighted by molar-refractivity contribution is 0.220. The van der Waals surface area contributed by atoms with Crippen molar-refractivity contribution in [3.05, 3.63) is 74.1 Å². The van der Waals surface area contributed by atoms with E-state index in [2.05, 4.69) is 5.10 Å². The third kappa shape index (κ3) is 3.27. The molecule has 1 atom stereocenters. The number of rotatable bonds is 3. The number of aromatic nitrogens is 2. The molecule has 3 aromatic rings. The number of halogens is 4. The van der Waals surface area contributed by atoms with Gasteiger partial charge in [0.05, 0.1) is 21.4 Å². The van der Waals surface area contributed by atoms with E-state index >= 15 is 0 Å². The molecule has 1 N–H and O–H groups in total. The van der Waals surface area contributed by atoms with Gasteiger partial charge in [-0.3, -0.25) is 4.68 Å².